The number of methoxy groups -OCH3 is 1. The molecule has 168 valence electrons. The van der Waals surface area contributed by atoms with Crippen LogP contribution in [0.15, 0.2) is 36.8 Å². The minimum Gasteiger partial charge on any atom is -0.494 e. The third kappa shape index (κ3) is 5.12. The molecule has 3 aromatic rings. The summed E-state index contributed by atoms with van der Waals surface area (Å²) in [6, 6.07) is 6.99. The standard InChI is InChI=1S/C21H25N7O4/c1-5-9-32-21(30)26-17-10-16(14(11-23-17)20(29)22-2)25-15-8-6-7-13(18(15)31-4)19-24-12-28(3)27-19/h6-8,10-12H,5,9H2,1-4H3,(H,22,29)(H2,23,25,26,30). The molecular weight excluding hydrogens is 414 g/mol. The van der Waals surface area contributed by atoms with E-state index >= 15 is 0 Å². The van der Waals surface area contributed by atoms with Crippen molar-refractivity contribution in [3.63, 3.8) is 0 Å². The largest absolute Gasteiger partial charge is 0.494 e. The molecule has 11 nitrogen and oxygen atoms in total. The van der Waals surface area contributed by atoms with Gasteiger partial charge >= 0.3 is 6.09 Å². The van der Waals surface area contributed by atoms with E-state index in [2.05, 4.69) is 31.0 Å². The molecule has 32 heavy (non-hydrogen) atoms. The number of nitrogens with one attached hydrogen (secondary N) is 3. The Morgan fingerprint density at radius 2 is 2.00 bits per heavy atom. The summed E-state index contributed by atoms with van der Waals surface area (Å²) in [6.45, 7) is 2.19. The lowest BCUT2D eigenvalue weighted by molar-refractivity contribution is 0.0963. The van der Waals surface area contributed by atoms with Gasteiger partial charge in [0.15, 0.2) is 11.6 Å². The molecule has 3 N–H and O–H groups in total. The Balaban J connectivity index is 1.98. The van der Waals surface area contributed by atoms with Crippen molar-refractivity contribution in [2.24, 2.45) is 7.05 Å². The summed E-state index contributed by atoms with van der Waals surface area (Å²) in [5, 5.41) is 12.7. The van der Waals surface area contributed by atoms with E-state index in [4.69, 9.17) is 9.47 Å². The molecule has 0 aliphatic heterocycles. The summed E-state index contributed by atoms with van der Waals surface area (Å²) in [7, 11) is 4.84. The molecule has 0 fully saturated rings. The van der Waals surface area contributed by atoms with Crippen LogP contribution >= 0.6 is 0 Å². The molecule has 2 amide bonds. The highest BCUT2D eigenvalue weighted by molar-refractivity contribution is 6.01. The molecule has 0 bridgehead atoms. The molecule has 0 saturated heterocycles. The fourth-order valence-corrected chi connectivity index (χ4v) is 2.92. The number of amides is 2. The first kappa shape index (κ1) is 22.5. The maximum absolute atomic E-state index is 12.4. The van der Waals surface area contributed by atoms with Gasteiger partial charge in [0.1, 0.15) is 12.1 Å². The number of hydrogen-bond acceptors (Lipinski definition) is 8. The lowest BCUT2D eigenvalue weighted by Gasteiger charge is -2.16. The number of aryl methyl sites for hydroxylation is 1. The summed E-state index contributed by atoms with van der Waals surface area (Å²) < 4.78 is 12.2. The second kappa shape index (κ2) is 10.2. The van der Waals surface area contributed by atoms with Gasteiger partial charge in [0.25, 0.3) is 5.91 Å². The van der Waals surface area contributed by atoms with Crippen LogP contribution in [0.4, 0.5) is 22.0 Å². The Labute approximate surface area is 185 Å². The van der Waals surface area contributed by atoms with Gasteiger partial charge < -0.3 is 20.1 Å². The maximum Gasteiger partial charge on any atom is 0.412 e. The zero-order chi connectivity index (χ0) is 23.1. The van der Waals surface area contributed by atoms with E-state index in [1.807, 2.05) is 19.1 Å². The number of carbonyl (C=O) groups is 2. The first-order valence-electron chi connectivity index (χ1n) is 9.92. The number of anilines is 3. The molecule has 0 atom stereocenters. The zero-order valence-electron chi connectivity index (χ0n) is 18.3. The van der Waals surface area contributed by atoms with Crippen molar-refractivity contribution in [2.45, 2.75) is 13.3 Å². The molecule has 3 rings (SSSR count). The maximum atomic E-state index is 12.4. The SMILES string of the molecule is CCCOC(=O)Nc1cc(Nc2cccc(-c3ncn(C)n3)c2OC)c(C(=O)NC)cn1. The van der Waals surface area contributed by atoms with E-state index < -0.39 is 6.09 Å². The van der Waals surface area contributed by atoms with Crippen LogP contribution in [0.5, 0.6) is 5.75 Å². The zero-order valence-corrected chi connectivity index (χ0v) is 18.3. The van der Waals surface area contributed by atoms with Crippen LogP contribution in [0, 0.1) is 0 Å². The second-order valence-corrected chi connectivity index (χ2v) is 6.71. The lowest BCUT2D eigenvalue weighted by atomic mass is 10.1. The summed E-state index contributed by atoms with van der Waals surface area (Å²) in [4.78, 5) is 32.7. The van der Waals surface area contributed by atoms with Crippen molar-refractivity contribution in [1.29, 1.82) is 0 Å². The van der Waals surface area contributed by atoms with Crippen molar-refractivity contribution in [2.75, 3.05) is 31.4 Å². The average molecular weight is 439 g/mol. The van der Waals surface area contributed by atoms with Gasteiger partial charge in [-0.3, -0.25) is 14.8 Å². The summed E-state index contributed by atoms with van der Waals surface area (Å²) in [5.74, 6) is 0.870. The Hall–Kier alpha value is -4.15. The Morgan fingerprint density at radius 1 is 1.19 bits per heavy atom. The van der Waals surface area contributed by atoms with Gasteiger partial charge in [0.2, 0.25) is 0 Å². The second-order valence-electron chi connectivity index (χ2n) is 6.71. The fraction of sp³-hybridized carbons (Fsp3) is 0.286. The highest BCUT2D eigenvalue weighted by Gasteiger charge is 2.18. The summed E-state index contributed by atoms with van der Waals surface area (Å²) >= 11 is 0. The topological polar surface area (TPSA) is 132 Å². The Kier molecular flexibility index (Phi) is 7.21. The van der Waals surface area contributed by atoms with Crippen molar-refractivity contribution in [3.8, 4) is 17.1 Å². The van der Waals surface area contributed by atoms with E-state index in [1.165, 1.54) is 20.4 Å². The van der Waals surface area contributed by atoms with E-state index in [-0.39, 0.29) is 17.3 Å². The number of benzene rings is 1. The number of carbonyl (C=O) groups excluding carboxylic acids is 2. The molecule has 0 unspecified atom stereocenters. The number of pyridine rings is 1. The van der Waals surface area contributed by atoms with Gasteiger partial charge in [-0.05, 0) is 18.6 Å². The van der Waals surface area contributed by atoms with E-state index in [9.17, 15) is 9.59 Å². The number of hydrogen-bond donors (Lipinski definition) is 3. The average Bonchev–Trinajstić information content (AvgIpc) is 3.23. The Morgan fingerprint density at radius 3 is 2.66 bits per heavy atom. The first-order chi connectivity index (χ1) is 15.5. The van der Waals surface area contributed by atoms with Crippen LogP contribution < -0.4 is 20.7 Å². The normalized spacial score (nSPS) is 10.4. The predicted molar refractivity (Wildman–Crippen MR) is 119 cm³/mol. The minimum atomic E-state index is -0.626. The first-order valence-corrected chi connectivity index (χ1v) is 9.92. The van der Waals surface area contributed by atoms with E-state index in [0.717, 1.165) is 0 Å². The van der Waals surface area contributed by atoms with Crippen molar-refractivity contribution < 1.29 is 19.1 Å². The minimum absolute atomic E-state index is 0.225. The van der Waals surface area contributed by atoms with E-state index in [0.29, 0.717) is 41.5 Å². The lowest BCUT2D eigenvalue weighted by Crippen LogP contribution is -2.20. The van der Waals surface area contributed by atoms with Crippen LogP contribution in [-0.2, 0) is 11.8 Å². The predicted octanol–water partition coefficient (Wildman–Crippen LogP) is 2.95. The molecule has 2 aromatic heterocycles. The van der Waals surface area contributed by atoms with Gasteiger partial charge in [-0.1, -0.05) is 13.0 Å². The van der Waals surface area contributed by atoms with Gasteiger partial charge in [-0.15, -0.1) is 0 Å². The molecule has 0 saturated carbocycles. The van der Waals surface area contributed by atoms with E-state index in [1.54, 1.807) is 30.2 Å². The fourth-order valence-electron chi connectivity index (χ4n) is 2.92. The van der Waals surface area contributed by atoms with Crippen LogP contribution in [-0.4, -0.2) is 52.5 Å². The monoisotopic (exact) mass is 439 g/mol. The third-order valence-corrected chi connectivity index (χ3v) is 4.37. The quantitative estimate of drug-likeness (QED) is 0.488. The number of para-hydroxylation sites is 1. The van der Waals surface area contributed by atoms with Gasteiger partial charge in [-0.25, -0.2) is 14.8 Å². The molecule has 0 radical (unpaired) electrons. The highest BCUT2D eigenvalue weighted by Crippen LogP contribution is 2.37. The number of aromatic nitrogens is 4. The van der Waals surface area contributed by atoms with Gasteiger partial charge in [-0.2, -0.15) is 5.10 Å². The van der Waals surface area contributed by atoms with Crippen molar-refractivity contribution in [3.05, 3.63) is 42.4 Å². The Bertz CT molecular complexity index is 1110. The molecule has 1 aromatic carbocycles. The van der Waals surface area contributed by atoms with Crippen LogP contribution in [0.1, 0.15) is 23.7 Å². The molecule has 0 aliphatic rings. The van der Waals surface area contributed by atoms with Gasteiger partial charge in [0.05, 0.1) is 36.2 Å². The number of nitrogens with zero attached hydrogens (tertiary/aromatic N) is 4. The summed E-state index contributed by atoms with van der Waals surface area (Å²) in [6.07, 6.45) is 3.04. The highest BCUT2D eigenvalue weighted by atomic mass is 16.5. The van der Waals surface area contributed by atoms with Crippen molar-refractivity contribution >= 4 is 29.2 Å². The molecule has 0 aliphatic carbocycles. The third-order valence-electron chi connectivity index (χ3n) is 4.37. The van der Waals surface area contributed by atoms with Crippen LogP contribution in [0.25, 0.3) is 11.4 Å². The van der Waals surface area contributed by atoms with Gasteiger partial charge in [0, 0.05) is 26.4 Å². The van der Waals surface area contributed by atoms with Crippen LogP contribution in [0.3, 0.4) is 0 Å². The number of rotatable bonds is 8. The summed E-state index contributed by atoms with van der Waals surface area (Å²) in [5.41, 5.74) is 1.95. The number of ether oxygens (including phenoxy) is 2. The molecular formula is C21H25N7O4. The smallest absolute Gasteiger partial charge is 0.412 e. The molecule has 0 spiro atoms. The molecule has 2 heterocycles. The van der Waals surface area contributed by atoms with Crippen molar-refractivity contribution in [1.82, 2.24) is 25.1 Å². The molecule has 11 heteroatoms. The van der Waals surface area contributed by atoms with Crippen LogP contribution in [0.2, 0.25) is 0 Å².